The van der Waals surface area contributed by atoms with Crippen LogP contribution in [-0.2, 0) is 6.42 Å². The lowest BCUT2D eigenvalue weighted by molar-refractivity contribution is 0.259. The van der Waals surface area contributed by atoms with Gasteiger partial charge >= 0.3 is 0 Å². The van der Waals surface area contributed by atoms with Crippen molar-refractivity contribution in [3.05, 3.63) is 59.2 Å². The van der Waals surface area contributed by atoms with Gasteiger partial charge in [0, 0.05) is 12.0 Å². The predicted octanol–water partition coefficient (Wildman–Crippen LogP) is 3.68. The molecule has 2 aromatic carbocycles. The summed E-state index contributed by atoms with van der Waals surface area (Å²) in [5.74, 6) is 0.614. The number of hydrogen-bond donors (Lipinski definition) is 0. The van der Waals surface area contributed by atoms with Crippen molar-refractivity contribution in [2.75, 3.05) is 14.1 Å². The van der Waals surface area contributed by atoms with E-state index in [1.165, 1.54) is 29.5 Å². The normalized spacial score (nSPS) is 23.3. The largest absolute Gasteiger partial charge is 0.306 e. The zero-order valence-corrected chi connectivity index (χ0v) is 11.6. The van der Waals surface area contributed by atoms with Crippen LogP contribution >= 0.6 is 0 Å². The number of rotatable bonds is 1. The zero-order chi connectivity index (χ0) is 13.0. The molecule has 19 heavy (non-hydrogen) atoms. The Kier molecular flexibility index (Phi) is 2.33. The Morgan fingerprint density at radius 2 is 1.74 bits per heavy atom. The molecule has 2 aromatic rings. The number of fused-ring (bicyclic) bond motifs is 3. The number of likely N-dealkylation sites (N-methyl/N-ethyl adjacent to an activating group) is 1. The van der Waals surface area contributed by atoms with Crippen molar-refractivity contribution in [2.45, 2.75) is 24.8 Å². The van der Waals surface area contributed by atoms with Gasteiger partial charge in [0.25, 0.3) is 0 Å². The average molecular weight is 249 g/mol. The summed E-state index contributed by atoms with van der Waals surface area (Å²) in [4.78, 5) is 2.39. The monoisotopic (exact) mass is 249 g/mol. The van der Waals surface area contributed by atoms with Gasteiger partial charge in [-0.2, -0.15) is 0 Å². The van der Waals surface area contributed by atoms with Crippen LogP contribution in [0.4, 0.5) is 0 Å². The van der Waals surface area contributed by atoms with E-state index >= 15 is 0 Å². The number of benzene rings is 2. The molecule has 4 rings (SSSR count). The minimum Gasteiger partial charge on any atom is -0.306 e. The SMILES string of the molecule is CN(C)[C@@H]1Cc2cccc3c2C(C1)c1ccccc1-3. The first-order chi connectivity index (χ1) is 9.25. The van der Waals surface area contributed by atoms with Crippen LogP contribution in [0.5, 0.6) is 0 Å². The van der Waals surface area contributed by atoms with Crippen molar-refractivity contribution < 1.29 is 0 Å². The highest BCUT2D eigenvalue weighted by molar-refractivity contribution is 5.80. The molecule has 1 nitrogen and oxygen atoms in total. The first-order valence-corrected chi connectivity index (χ1v) is 7.13. The molecule has 1 heteroatoms. The quantitative estimate of drug-likeness (QED) is 0.745. The minimum absolute atomic E-state index is 0.614. The fourth-order valence-corrected chi connectivity index (χ4v) is 3.89. The van der Waals surface area contributed by atoms with Crippen LogP contribution < -0.4 is 0 Å². The molecule has 0 spiro atoms. The molecule has 2 atom stereocenters. The summed E-state index contributed by atoms with van der Waals surface area (Å²) in [5.41, 5.74) is 7.65. The summed E-state index contributed by atoms with van der Waals surface area (Å²) in [7, 11) is 4.42. The average Bonchev–Trinajstić information content (AvgIpc) is 2.76. The van der Waals surface area contributed by atoms with Gasteiger partial charge < -0.3 is 4.90 Å². The lowest BCUT2D eigenvalue weighted by atomic mass is 9.79. The molecule has 0 saturated heterocycles. The van der Waals surface area contributed by atoms with Gasteiger partial charge in [0.05, 0.1) is 0 Å². The van der Waals surface area contributed by atoms with Crippen LogP contribution in [0.1, 0.15) is 29.0 Å². The Morgan fingerprint density at radius 1 is 0.947 bits per heavy atom. The molecule has 2 aliphatic carbocycles. The lowest BCUT2D eigenvalue weighted by Gasteiger charge is -2.33. The van der Waals surface area contributed by atoms with Gasteiger partial charge in [-0.1, -0.05) is 42.5 Å². The van der Waals surface area contributed by atoms with Gasteiger partial charge in [-0.05, 0) is 54.8 Å². The van der Waals surface area contributed by atoms with Crippen molar-refractivity contribution in [3.63, 3.8) is 0 Å². The van der Waals surface area contributed by atoms with E-state index in [9.17, 15) is 0 Å². The summed E-state index contributed by atoms with van der Waals surface area (Å²) >= 11 is 0. The maximum absolute atomic E-state index is 2.39. The van der Waals surface area contributed by atoms with E-state index in [4.69, 9.17) is 0 Å². The highest BCUT2D eigenvalue weighted by Crippen LogP contribution is 2.51. The third kappa shape index (κ3) is 1.51. The van der Waals surface area contributed by atoms with E-state index < -0.39 is 0 Å². The Balaban J connectivity index is 1.94. The standard InChI is InChI=1S/C18H19N/c1-19(2)13-10-12-6-5-9-16-14-7-3-4-8-15(14)17(11-13)18(12)16/h3-9,13,17H,10-11H2,1-2H3/t13-,17?/m1/s1. The highest BCUT2D eigenvalue weighted by Gasteiger charge is 2.36. The summed E-state index contributed by atoms with van der Waals surface area (Å²) in [5, 5.41) is 0. The topological polar surface area (TPSA) is 3.24 Å². The molecule has 0 saturated carbocycles. The summed E-state index contributed by atoms with van der Waals surface area (Å²) in [6, 6.07) is 16.5. The molecule has 0 amide bonds. The summed E-state index contributed by atoms with van der Waals surface area (Å²) < 4.78 is 0. The van der Waals surface area contributed by atoms with Crippen molar-refractivity contribution in [3.8, 4) is 11.1 Å². The van der Waals surface area contributed by atoms with E-state index in [2.05, 4.69) is 61.5 Å². The van der Waals surface area contributed by atoms with E-state index in [-0.39, 0.29) is 0 Å². The van der Waals surface area contributed by atoms with Crippen molar-refractivity contribution in [1.29, 1.82) is 0 Å². The third-order valence-electron chi connectivity index (χ3n) is 4.86. The smallest absolute Gasteiger partial charge is 0.0139 e. The molecular formula is C18H19N. The molecule has 0 aromatic heterocycles. The van der Waals surface area contributed by atoms with Gasteiger partial charge in [-0.25, -0.2) is 0 Å². The molecule has 0 N–H and O–H groups in total. The third-order valence-corrected chi connectivity index (χ3v) is 4.86. The van der Waals surface area contributed by atoms with Crippen LogP contribution in [0.15, 0.2) is 42.5 Å². The highest BCUT2D eigenvalue weighted by atomic mass is 15.1. The van der Waals surface area contributed by atoms with Gasteiger partial charge in [0.1, 0.15) is 0 Å². The summed E-state index contributed by atoms with van der Waals surface area (Å²) in [6.07, 6.45) is 2.45. The lowest BCUT2D eigenvalue weighted by Crippen LogP contribution is -2.34. The van der Waals surface area contributed by atoms with Gasteiger partial charge in [-0.3, -0.25) is 0 Å². The first-order valence-electron chi connectivity index (χ1n) is 7.13. The molecule has 0 bridgehead atoms. The van der Waals surface area contributed by atoms with Crippen LogP contribution in [0.3, 0.4) is 0 Å². The van der Waals surface area contributed by atoms with E-state index in [0.29, 0.717) is 12.0 Å². The zero-order valence-electron chi connectivity index (χ0n) is 11.6. The molecule has 96 valence electrons. The van der Waals surface area contributed by atoms with Gasteiger partial charge in [0.2, 0.25) is 0 Å². The number of hydrogen-bond acceptors (Lipinski definition) is 1. The Morgan fingerprint density at radius 3 is 2.58 bits per heavy atom. The molecule has 2 aliphatic rings. The van der Waals surface area contributed by atoms with Gasteiger partial charge in [-0.15, -0.1) is 0 Å². The molecule has 0 aliphatic heterocycles. The van der Waals surface area contributed by atoms with E-state index in [0.717, 1.165) is 0 Å². The van der Waals surface area contributed by atoms with Gasteiger partial charge in [0.15, 0.2) is 0 Å². The molecule has 0 radical (unpaired) electrons. The van der Waals surface area contributed by atoms with Crippen LogP contribution in [0, 0.1) is 0 Å². The fraction of sp³-hybridized carbons (Fsp3) is 0.333. The maximum Gasteiger partial charge on any atom is 0.0139 e. The van der Waals surface area contributed by atoms with Crippen LogP contribution in [0.25, 0.3) is 11.1 Å². The van der Waals surface area contributed by atoms with Crippen LogP contribution in [-0.4, -0.2) is 25.0 Å². The molecule has 0 fully saturated rings. The fourth-order valence-electron chi connectivity index (χ4n) is 3.89. The van der Waals surface area contributed by atoms with Crippen molar-refractivity contribution in [2.24, 2.45) is 0 Å². The molecule has 1 unspecified atom stereocenters. The number of nitrogens with zero attached hydrogens (tertiary/aromatic N) is 1. The first kappa shape index (κ1) is 11.2. The second-order valence-electron chi connectivity index (χ2n) is 6.08. The van der Waals surface area contributed by atoms with E-state index in [1.807, 2.05) is 0 Å². The Hall–Kier alpha value is -1.60. The van der Waals surface area contributed by atoms with E-state index in [1.54, 1.807) is 11.1 Å². The Labute approximate surface area is 114 Å². The maximum atomic E-state index is 2.39. The van der Waals surface area contributed by atoms with Crippen molar-refractivity contribution in [1.82, 2.24) is 4.90 Å². The second kappa shape index (κ2) is 3.94. The predicted molar refractivity (Wildman–Crippen MR) is 79.5 cm³/mol. The second-order valence-corrected chi connectivity index (χ2v) is 6.08. The van der Waals surface area contributed by atoms with Crippen molar-refractivity contribution >= 4 is 0 Å². The van der Waals surface area contributed by atoms with Crippen LogP contribution in [0.2, 0.25) is 0 Å². The minimum atomic E-state index is 0.614. The molecule has 0 heterocycles. The summed E-state index contributed by atoms with van der Waals surface area (Å²) in [6.45, 7) is 0. The molecular weight excluding hydrogens is 230 g/mol. The Bertz CT molecular complexity index is 642.